The molecule has 2 aromatic rings. The number of allylic oxidation sites excluding steroid dienone is 1. The minimum atomic E-state index is 0.906. The van der Waals surface area contributed by atoms with Crippen LogP contribution in [0.2, 0.25) is 0 Å². The number of nitrogens with two attached hydrogens (primary N) is 1. The molecule has 0 amide bonds. The monoisotopic (exact) mass is 345 g/mol. The number of hydrogen-bond acceptors (Lipinski definition) is 5. The van der Waals surface area contributed by atoms with Crippen molar-refractivity contribution in [1.29, 1.82) is 0 Å². The molecule has 0 bridgehead atoms. The van der Waals surface area contributed by atoms with Crippen LogP contribution in [0.5, 0.6) is 0 Å². The van der Waals surface area contributed by atoms with Crippen LogP contribution in [0.1, 0.15) is 25.0 Å². The maximum absolute atomic E-state index is 5.61. The molecule has 1 aromatic heterocycles. The zero-order valence-corrected chi connectivity index (χ0v) is 15.5. The highest BCUT2D eigenvalue weighted by atomic mass is 32.2. The molecular weight excluding hydrogens is 322 g/mol. The van der Waals surface area contributed by atoms with E-state index in [1.54, 1.807) is 42.6 Å². The summed E-state index contributed by atoms with van der Waals surface area (Å²) in [6, 6.07) is 10.4. The summed E-state index contributed by atoms with van der Waals surface area (Å²) < 4.78 is 0. The Bertz CT molecular complexity index is 655. The molecule has 0 unspecified atom stereocenters. The van der Waals surface area contributed by atoms with Gasteiger partial charge in [0.2, 0.25) is 0 Å². The molecule has 2 rings (SSSR count). The van der Waals surface area contributed by atoms with E-state index >= 15 is 0 Å². The van der Waals surface area contributed by atoms with Gasteiger partial charge in [0.25, 0.3) is 0 Å². The van der Waals surface area contributed by atoms with Gasteiger partial charge in [-0.25, -0.2) is 0 Å². The van der Waals surface area contributed by atoms with Crippen molar-refractivity contribution < 1.29 is 0 Å². The molecule has 23 heavy (non-hydrogen) atoms. The highest BCUT2D eigenvalue weighted by molar-refractivity contribution is 7.98. The Morgan fingerprint density at radius 1 is 1.26 bits per heavy atom. The molecular formula is C18H23N3S2. The largest absolute Gasteiger partial charge is 0.404 e. The zero-order valence-electron chi connectivity index (χ0n) is 13.8. The van der Waals surface area contributed by atoms with E-state index < -0.39 is 0 Å². The second-order valence-corrected chi connectivity index (χ2v) is 6.15. The number of hydrogen-bond donors (Lipinski definition) is 1. The minimum absolute atomic E-state index is 0.906. The zero-order chi connectivity index (χ0) is 17.1. The molecule has 0 aliphatic rings. The van der Waals surface area contributed by atoms with Crippen LogP contribution >= 0.6 is 23.1 Å². The highest BCUT2D eigenvalue weighted by Gasteiger charge is 2.04. The Labute approximate surface area is 147 Å². The average Bonchev–Trinajstić information content (AvgIpc) is 3.08. The van der Waals surface area contributed by atoms with E-state index in [-0.39, 0.29) is 0 Å². The van der Waals surface area contributed by atoms with Gasteiger partial charge in [0.05, 0.1) is 0 Å². The number of thiophene rings is 1. The molecule has 0 aliphatic carbocycles. The van der Waals surface area contributed by atoms with Crippen molar-refractivity contribution >= 4 is 46.6 Å². The summed E-state index contributed by atoms with van der Waals surface area (Å²) >= 11 is 3.39. The summed E-state index contributed by atoms with van der Waals surface area (Å²) in [6.45, 7) is 7.59. The Morgan fingerprint density at radius 2 is 1.96 bits per heavy atom. The fraction of sp³-hybridized carbons (Fsp3) is 0.222. The predicted octanol–water partition coefficient (Wildman–Crippen LogP) is 5.40. The fourth-order valence-electron chi connectivity index (χ4n) is 1.82. The fourth-order valence-corrected chi connectivity index (χ4v) is 3.69. The quantitative estimate of drug-likeness (QED) is 0.563. The van der Waals surface area contributed by atoms with E-state index in [0.29, 0.717) is 0 Å². The van der Waals surface area contributed by atoms with Crippen LogP contribution in [-0.4, -0.2) is 20.0 Å². The van der Waals surface area contributed by atoms with Crippen molar-refractivity contribution in [3.63, 3.8) is 0 Å². The summed E-state index contributed by atoms with van der Waals surface area (Å²) in [6.07, 6.45) is 3.33. The summed E-state index contributed by atoms with van der Waals surface area (Å²) in [7, 11) is 1.74. The van der Waals surface area contributed by atoms with E-state index in [4.69, 9.17) is 5.73 Å². The molecule has 0 radical (unpaired) electrons. The molecule has 0 atom stereocenters. The van der Waals surface area contributed by atoms with Crippen molar-refractivity contribution in [1.82, 2.24) is 0 Å². The van der Waals surface area contributed by atoms with Crippen LogP contribution in [0.3, 0.4) is 0 Å². The molecule has 0 saturated carbocycles. The highest BCUT2D eigenvalue weighted by Crippen LogP contribution is 2.36. The second kappa shape index (κ2) is 10.8. The number of benzene rings is 1. The summed E-state index contributed by atoms with van der Waals surface area (Å²) in [5.74, 6) is 0.906. The third kappa shape index (κ3) is 5.69. The van der Waals surface area contributed by atoms with Gasteiger partial charge < -0.3 is 5.73 Å². The molecule has 5 heteroatoms. The number of aliphatic imine (C=N–C) groups is 2. The topological polar surface area (TPSA) is 50.7 Å². The van der Waals surface area contributed by atoms with Gasteiger partial charge in [-0.1, -0.05) is 38.1 Å². The molecule has 2 N–H and O–H groups in total. The molecule has 0 aliphatic heterocycles. The number of rotatable bonds is 6. The molecule has 3 nitrogen and oxygen atoms in total. The van der Waals surface area contributed by atoms with Gasteiger partial charge in [0, 0.05) is 35.7 Å². The Balaban J connectivity index is 0.00000127. The Hall–Kier alpha value is -1.85. The molecule has 122 valence electrons. The van der Waals surface area contributed by atoms with Crippen LogP contribution in [0.25, 0.3) is 5.57 Å². The lowest BCUT2D eigenvalue weighted by atomic mass is 10.1. The first-order valence-electron chi connectivity index (χ1n) is 7.39. The molecule has 0 fully saturated rings. The van der Waals surface area contributed by atoms with E-state index in [1.165, 1.54) is 10.5 Å². The molecule has 1 aromatic carbocycles. The van der Waals surface area contributed by atoms with Crippen molar-refractivity contribution in [3.05, 3.63) is 53.0 Å². The molecule has 1 heterocycles. The lowest BCUT2D eigenvalue weighted by Gasteiger charge is -2.04. The SMILES string of the molecule is C=Nc1sccc1SCc1ccc(/C(C=NC)=C/N)cc1.CC. The third-order valence-electron chi connectivity index (χ3n) is 2.88. The Morgan fingerprint density at radius 3 is 2.52 bits per heavy atom. The van der Waals surface area contributed by atoms with Crippen LogP contribution in [0, 0.1) is 0 Å². The first-order valence-corrected chi connectivity index (χ1v) is 9.25. The Kier molecular flexibility index (Phi) is 9.02. The third-order valence-corrected chi connectivity index (χ3v) is 4.97. The summed E-state index contributed by atoms with van der Waals surface area (Å²) in [4.78, 5) is 9.21. The van der Waals surface area contributed by atoms with E-state index in [1.807, 2.05) is 19.2 Å². The van der Waals surface area contributed by atoms with Crippen LogP contribution < -0.4 is 5.73 Å². The lowest BCUT2D eigenvalue weighted by molar-refractivity contribution is 1.38. The van der Waals surface area contributed by atoms with Crippen molar-refractivity contribution in [2.75, 3.05) is 7.05 Å². The second-order valence-electron chi connectivity index (χ2n) is 4.24. The van der Waals surface area contributed by atoms with Crippen LogP contribution in [0.15, 0.2) is 56.8 Å². The summed E-state index contributed by atoms with van der Waals surface area (Å²) in [5, 5.41) is 3.03. The van der Waals surface area contributed by atoms with Gasteiger partial charge in [-0.05, 0) is 29.3 Å². The van der Waals surface area contributed by atoms with Crippen molar-refractivity contribution in [3.8, 4) is 0 Å². The smallest absolute Gasteiger partial charge is 0.128 e. The van der Waals surface area contributed by atoms with Crippen LogP contribution in [-0.2, 0) is 5.75 Å². The lowest BCUT2D eigenvalue weighted by Crippen LogP contribution is -1.91. The van der Waals surface area contributed by atoms with E-state index in [2.05, 4.69) is 47.0 Å². The maximum Gasteiger partial charge on any atom is 0.128 e. The number of thioether (sulfide) groups is 1. The number of nitrogens with zero attached hydrogens (tertiary/aromatic N) is 2. The van der Waals surface area contributed by atoms with Gasteiger partial charge in [-0.2, -0.15) is 0 Å². The molecule has 0 spiro atoms. The van der Waals surface area contributed by atoms with Gasteiger partial charge in [-0.15, -0.1) is 23.1 Å². The van der Waals surface area contributed by atoms with Gasteiger partial charge in [0.15, 0.2) is 0 Å². The van der Waals surface area contributed by atoms with Gasteiger partial charge >= 0.3 is 0 Å². The van der Waals surface area contributed by atoms with Crippen molar-refractivity contribution in [2.24, 2.45) is 15.7 Å². The maximum atomic E-state index is 5.61. The standard InChI is InChI=1S/C16H17N3S2.C2H6/c1-18-10-14(9-17)13-5-3-12(4-6-13)11-21-15-7-8-20-16(15)19-2;1-2/h3-10H,2,11,17H2,1H3;1-2H3/b14-9+,18-10?;. The van der Waals surface area contributed by atoms with E-state index in [0.717, 1.165) is 21.9 Å². The normalized spacial score (nSPS) is 11.2. The summed E-state index contributed by atoms with van der Waals surface area (Å²) in [5.41, 5.74) is 8.86. The van der Waals surface area contributed by atoms with Crippen molar-refractivity contribution in [2.45, 2.75) is 24.5 Å². The van der Waals surface area contributed by atoms with Gasteiger partial charge in [0.1, 0.15) is 5.00 Å². The first-order chi connectivity index (χ1) is 11.3. The van der Waals surface area contributed by atoms with Gasteiger partial charge in [-0.3, -0.25) is 9.98 Å². The van der Waals surface area contributed by atoms with Crippen LogP contribution in [0.4, 0.5) is 5.00 Å². The average molecular weight is 346 g/mol. The first kappa shape index (κ1) is 19.2. The minimum Gasteiger partial charge on any atom is -0.404 e. The van der Waals surface area contributed by atoms with E-state index in [9.17, 15) is 0 Å². The molecule has 0 saturated heterocycles. The predicted molar refractivity (Wildman–Crippen MR) is 107 cm³/mol.